The van der Waals surface area contributed by atoms with Crippen molar-refractivity contribution in [1.29, 1.82) is 0 Å². The molecule has 17 heavy (non-hydrogen) atoms. The number of rotatable bonds is 1. The van der Waals surface area contributed by atoms with Gasteiger partial charge in [0.1, 0.15) is 6.17 Å². The van der Waals surface area contributed by atoms with E-state index < -0.39 is 0 Å². The van der Waals surface area contributed by atoms with Gasteiger partial charge in [-0.2, -0.15) is 0 Å². The van der Waals surface area contributed by atoms with E-state index in [2.05, 4.69) is 21.4 Å². The minimum absolute atomic E-state index is 0.223. The summed E-state index contributed by atoms with van der Waals surface area (Å²) in [5.41, 5.74) is 8.75. The van der Waals surface area contributed by atoms with Crippen LogP contribution in [0, 0.1) is 0 Å². The van der Waals surface area contributed by atoms with Gasteiger partial charge < -0.3 is 11.1 Å². The Morgan fingerprint density at radius 1 is 1.24 bits per heavy atom. The molecule has 1 aromatic heterocycles. The zero-order chi connectivity index (χ0) is 11.7. The Bertz CT molecular complexity index is 616. The smallest absolute Gasteiger partial charge is 0.111 e. The van der Waals surface area contributed by atoms with Crippen LogP contribution in [0.5, 0.6) is 0 Å². The maximum Gasteiger partial charge on any atom is 0.111 e. The fraction of sp³-hybridized carbons (Fsp3) is 0.0769. The maximum atomic E-state index is 5.76. The van der Waals surface area contributed by atoms with E-state index in [-0.39, 0.29) is 6.17 Å². The third kappa shape index (κ3) is 1.90. The third-order valence-electron chi connectivity index (χ3n) is 2.69. The van der Waals surface area contributed by atoms with Crippen LogP contribution in [0.25, 0.3) is 16.6 Å². The van der Waals surface area contributed by atoms with Crippen LogP contribution in [-0.2, 0) is 0 Å². The summed E-state index contributed by atoms with van der Waals surface area (Å²) < 4.78 is 0. The topological polar surface area (TPSA) is 63.3 Å². The molecule has 1 aliphatic rings. The van der Waals surface area contributed by atoms with E-state index in [1.54, 1.807) is 18.6 Å². The van der Waals surface area contributed by atoms with E-state index in [1.165, 1.54) is 0 Å². The van der Waals surface area contributed by atoms with Gasteiger partial charge in [-0.15, -0.1) is 0 Å². The SMILES string of the molecule is NC1C=NC=C(c2ccc3ncccc3c2)N1. The first-order valence-corrected chi connectivity index (χ1v) is 5.44. The molecule has 2 heterocycles. The Morgan fingerprint density at radius 3 is 3.06 bits per heavy atom. The number of benzene rings is 1. The van der Waals surface area contributed by atoms with Crippen molar-refractivity contribution in [3.63, 3.8) is 0 Å². The van der Waals surface area contributed by atoms with Gasteiger partial charge in [0.25, 0.3) is 0 Å². The van der Waals surface area contributed by atoms with Crippen molar-refractivity contribution in [1.82, 2.24) is 10.3 Å². The van der Waals surface area contributed by atoms with Gasteiger partial charge in [0.05, 0.1) is 17.4 Å². The molecule has 0 amide bonds. The molecule has 0 saturated heterocycles. The second-order valence-corrected chi connectivity index (χ2v) is 3.92. The van der Waals surface area contributed by atoms with E-state index in [4.69, 9.17) is 5.73 Å². The fourth-order valence-corrected chi connectivity index (χ4v) is 1.87. The van der Waals surface area contributed by atoms with Gasteiger partial charge in [-0.1, -0.05) is 12.1 Å². The predicted molar refractivity (Wildman–Crippen MR) is 69.3 cm³/mol. The van der Waals surface area contributed by atoms with Gasteiger partial charge >= 0.3 is 0 Å². The Morgan fingerprint density at radius 2 is 2.18 bits per heavy atom. The molecule has 4 nitrogen and oxygen atoms in total. The van der Waals surface area contributed by atoms with E-state index in [9.17, 15) is 0 Å². The predicted octanol–water partition coefficient (Wildman–Crippen LogP) is 1.49. The number of pyridine rings is 1. The van der Waals surface area contributed by atoms with Crippen molar-refractivity contribution in [3.05, 3.63) is 48.3 Å². The summed E-state index contributed by atoms with van der Waals surface area (Å²) in [5.74, 6) is 0. The third-order valence-corrected chi connectivity index (χ3v) is 2.69. The van der Waals surface area contributed by atoms with E-state index in [0.717, 1.165) is 22.2 Å². The van der Waals surface area contributed by atoms with Crippen molar-refractivity contribution < 1.29 is 0 Å². The van der Waals surface area contributed by atoms with Gasteiger partial charge in [0.15, 0.2) is 0 Å². The number of hydrogen-bond acceptors (Lipinski definition) is 4. The largest absolute Gasteiger partial charge is 0.364 e. The summed E-state index contributed by atoms with van der Waals surface area (Å²) >= 11 is 0. The summed E-state index contributed by atoms with van der Waals surface area (Å²) in [7, 11) is 0. The highest BCUT2D eigenvalue weighted by Crippen LogP contribution is 2.19. The number of aliphatic imine (C=N–C) groups is 1. The minimum Gasteiger partial charge on any atom is -0.364 e. The van der Waals surface area contributed by atoms with Crippen LogP contribution in [-0.4, -0.2) is 17.4 Å². The highest BCUT2D eigenvalue weighted by Gasteiger charge is 2.08. The van der Waals surface area contributed by atoms with Gasteiger partial charge in [0, 0.05) is 17.8 Å². The number of nitrogens with one attached hydrogen (secondary N) is 1. The van der Waals surface area contributed by atoms with E-state index in [1.807, 2.05) is 24.3 Å². The first-order chi connectivity index (χ1) is 8.33. The summed E-state index contributed by atoms with van der Waals surface area (Å²) in [4.78, 5) is 8.39. The molecule has 0 fully saturated rings. The summed E-state index contributed by atoms with van der Waals surface area (Å²) in [6.07, 6.45) is 5.02. The first kappa shape index (κ1) is 9.99. The molecule has 4 heteroatoms. The fourth-order valence-electron chi connectivity index (χ4n) is 1.87. The molecular weight excluding hydrogens is 212 g/mol. The average molecular weight is 224 g/mol. The molecule has 0 radical (unpaired) electrons. The number of nitrogens with two attached hydrogens (primary N) is 1. The average Bonchev–Trinajstić information content (AvgIpc) is 2.38. The maximum absolute atomic E-state index is 5.76. The van der Waals surface area contributed by atoms with Gasteiger partial charge in [-0.3, -0.25) is 9.98 Å². The van der Waals surface area contributed by atoms with Crippen molar-refractivity contribution in [2.75, 3.05) is 0 Å². The van der Waals surface area contributed by atoms with Crippen LogP contribution in [0.1, 0.15) is 5.56 Å². The molecule has 84 valence electrons. The van der Waals surface area contributed by atoms with Crippen molar-refractivity contribution in [2.24, 2.45) is 10.7 Å². The molecule has 1 aliphatic heterocycles. The van der Waals surface area contributed by atoms with Gasteiger partial charge in [-0.25, -0.2) is 0 Å². The second-order valence-electron chi connectivity index (χ2n) is 3.92. The summed E-state index contributed by atoms with van der Waals surface area (Å²) in [6.45, 7) is 0. The Balaban J connectivity index is 2.06. The number of hydrogen-bond donors (Lipinski definition) is 2. The van der Waals surface area contributed by atoms with Crippen molar-refractivity contribution in [2.45, 2.75) is 6.17 Å². The Hall–Kier alpha value is -2.20. The Kier molecular flexibility index (Phi) is 2.34. The molecular formula is C13H12N4. The van der Waals surface area contributed by atoms with Crippen LogP contribution in [0.2, 0.25) is 0 Å². The van der Waals surface area contributed by atoms with E-state index >= 15 is 0 Å². The monoisotopic (exact) mass is 224 g/mol. The van der Waals surface area contributed by atoms with Gasteiger partial charge in [0.2, 0.25) is 0 Å². The van der Waals surface area contributed by atoms with E-state index in [0.29, 0.717) is 0 Å². The van der Waals surface area contributed by atoms with Crippen LogP contribution in [0.3, 0.4) is 0 Å². The lowest BCUT2D eigenvalue weighted by atomic mass is 10.1. The van der Waals surface area contributed by atoms with Crippen LogP contribution >= 0.6 is 0 Å². The molecule has 3 rings (SSSR count). The molecule has 3 N–H and O–H groups in total. The van der Waals surface area contributed by atoms with Crippen molar-refractivity contribution >= 4 is 22.8 Å². The molecule has 1 unspecified atom stereocenters. The molecule has 0 spiro atoms. The van der Waals surface area contributed by atoms with Crippen molar-refractivity contribution in [3.8, 4) is 0 Å². The second kappa shape index (κ2) is 3.99. The first-order valence-electron chi connectivity index (χ1n) is 5.44. The normalized spacial score (nSPS) is 18.9. The zero-order valence-corrected chi connectivity index (χ0v) is 9.17. The molecule has 0 bridgehead atoms. The molecule has 1 aromatic carbocycles. The highest BCUT2D eigenvalue weighted by atomic mass is 15.1. The lowest BCUT2D eigenvalue weighted by Crippen LogP contribution is -2.39. The Labute approximate surface area is 98.9 Å². The minimum atomic E-state index is -0.223. The number of nitrogens with zero attached hydrogens (tertiary/aromatic N) is 2. The quantitative estimate of drug-likeness (QED) is 0.771. The van der Waals surface area contributed by atoms with Crippen LogP contribution < -0.4 is 11.1 Å². The van der Waals surface area contributed by atoms with Crippen LogP contribution in [0.15, 0.2) is 47.7 Å². The summed E-state index contributed by atoms with van der Waals surface area (Å²) in [6, 6.07) is 10.1. The molecule has 1 atom stereocenters. The van der Waals surface area contributed by atoms with Crippen LogP contribution in [0.4, 0.5) is 0 Å². The number of aromatic nitrogens is 1. The lowest BCUT2D eigenvalue weighted by Gasteiger charge is -2.17. The zero-order valence-electron chi connectivity index (χ0n) is 9.17. The standard InChI is InChI=1S/C13H12N4/c14-13-8-15-7-12(17-13)10-3-4-11-9(6-10)2-1-5-16-11/h1-8,13,17H,14H2. The lowest BCUT2D eigenvalue weighted by molar-refractivity contribution is 0.791. The van der Waals surface area contributed by atoms with Gasteiger partial charge in [-0.05, 0) is 23.8 Å². The number of fused-ring (bicyclic) bond motifs is 1. The molecule has 2 aromatic rings. The molecule has 0 saturated carbocycles. The molecule has 0 aliphatic carbocycles. The highest BCUT2D eigenvalue weighted by molar-refractivity contribution is 5.84. The summed E-state index contributed by atoms with van der Waals surface area (Å²) in [5, 5.41) is 4.27.